The first-order chi connectivity index (χ1) is 8.06. The molecule has 0 bridgehead atoms. The van der Waals surface area contributed by atoms with E-state index >= 15 is 0 Å². The number of benzene rings is 2. The van der Waals surface area contributed by atoms with Crippen molar-refractivity contribution in [3.8, 4) is 0 Å². The van der Waals surface area contributed by atoms with Crippen LogP contribution < -0.4 is 11.1 Å². The van der Waals surface area contributed by atoms with E-state index in [1.807, 2.05) is 43.3 Å². The molecule has 0 unspecified atom stereocenters. The average Bonchev–Trinajstić information content (AvgIpc) is 2.29. The molecule has 17 heavy (non-hydrogen) atoms. The Hall–Kier alpha value is -1.19. The molecule has 0 spiro atoms. The number of hydrogen-bond donors (Lipinski definition) is 2. The van der Waals surface area contributed by atoms with Crippen molar-refractivity contribution in [3.05, 3.63) is 51.5 Å². The van der Waals surface area contributed by atoms with Crippen molar-refractivity contribution in [1.82, 2.24) is 0 Å². The van der Waals surface area contributed by atoms with Crippen LogP contribution in [-0.4, -0.2) is 0 Å². The number of hydrogen-bond acceptors (Lipinski definition) is 2. The van der Waals surface area contributed by atoms with E-state index in [9.17, 15) is 0 Å². The first-order valence-electron chi connectivity index (χ1n) is 5.14. The number of anilines is 3. The molecule has 2 rings (SSSR count). The minimum atomic E-state index is 0.742. The van der Waals surface area contributed by atoms with Gasteiger partial charge in [-0.2, -0.15) is 0 Å². The minimum absolute atomic E-state index is 0.742. The van der Waals surface area contributed by atoms with E-state index in [4.69, 9.17) is 17.3 Å². The third-order valence-electron chi connectivity index (χ3n) is 2.44. The molecule has 4 heteroatoms. The standard InChI is InChI=1S/C13H12BrClN2/c1-8-6-11(14)13(7-12(8)15)17-10-4-2-9(16)3-5-10/h2-7,17H,16H2,1H3. The summed E-state index contributed by atoms with van der Waals surface area (Å²) in [4.78, 5) is 0. The largest absolute Gasteiger partial charge is 0.399 e. The fourth-order valence-electron chi connectivity index (χ4n) is 1.46. The second kappa shape index (κ2) is 4.98. The summed E-state index contributed by atoms with van der Waals surface area (Å²) in [6.45, 7) is 1.97. The Bertz CT molecular complexity index is 538. The zero-order valence-electron chi connectivity index (χ0n) is 9.30. The zero-order chi connectivity index (χ0) is 12.4. The first-order valence-corrected chi connectivity index (χ1v) is 6.31. The van der Waals surface area contributed by atoms with E-state index in [0.717, 1.165) is 32.1 Å². The number of nitrogens with two attached hydrogens (primary N) is 1. The summed E-state index contributed by atoms with van der Waals surface area (Å²) in [5, 5.41) is 4.02. The molecular weight excluding hydrogens is 300 g/mol. The Kier molecular flexibility index (Phi) is 3.60. The van der Waals surface area contributed by atoms with Crippen LogP contribution in [0.15, 0.2) is 40.9 Å². The van der Waals surface area contributed by atoms with Gasteiger partial charge in [0.25, 0.3) is 0 Å². The van der Waals surface area contributed by atoms with Crippen LogP contribution in [-0.2, 0) is 0 Å². The summed E-state index contributed by atoms with van der Waals surface area (Å²) in [5.41, 5.74) is 9.33. The molecule has 88 valence electrons. The second-order valence-electron chi connectivity index (χ2n) is 3.83. The molecular formula is C13H12BrClN2. The maximum atomic E-state index is 6.10. The number of nitrogens with one attached hydrogen (secondary N) is 1. The lowest BCUT2D eigenvalue weighted by Gasteiger charge is -2.10. The van der Waals surface area contributed by atoms with Gasteiger partial charge in [0.15, 0.2) is 0 Å². The van der Waals surface area contributed by atoms with E-state index in [0.29, 0.717) is 0 Å². The second-order valence-corrected chi connectivity index (χ2v) is 5.09. The van der Waals surface area contributed by atoms with Crippen molar-refractivity contribution >= 4 is 44.6 Å². The van der Waals surface area contributed by atoms with Gasteiger partial charge in [-0.3, -0.25) is 0 Å². The van der Waals surface area contributed by atoms with E-state index in [2.05, 4.69) is 21.2 Å². The van der Waals surface area contributed by atoms with E-state index in [1.165, 1.54) is 0 Å². The summed E-state index contributed by atoms with van der Waals surface area (Å²) in [5.74, 6) is 0. The summed E-state index contributed by atoms with van der Waals surface area (Å²) in [6.07, 6.45) is 0. The van der Waals surface area contributed by atoms with Gasteiger partial charge < -0.3 is 11.1 Å². The smallest absolute Gasteiger partial charge is 0.0543 e. The average molecular weight is 312 g/mol. The number of rotatable bonds is 2. The number of halogens is 2. The van der Waals surface area contributed by atoms with Crippen LogP contribution in [0.5, 0.6) is 0 Å². The summed E-state index contributed by atoms with van der Waals surface area (Å²) >= 11 is 9.60. The lowest BCUT2D eigenvalue weighted by atomic mass is 10.2. The van der Waals surface area contributed by atoms with E-state index in [-0.39, 0.29) is 0 Å². The van der Waals surface area contributed by atoms with Gasteiger partial charge in [0.1, 0.15) is 0 Å². The molecule has 0 aliphatic rings. The molecule has 2 aromatic carbocycles. The molecule has 0 fully saturated rings. The third-order valence-corrected chi connectivity index (χ3v) is 3.50. The predicted molar refractivity (Wildman–Crippen MR) is 78.0 cm³/mol. The fourth-order valence-corrected chi connectivity index (χ4v) is 2.18. The van der Waals surface area contributed by atoms with Crippen molar-refractivity contribution in [2.45, 2.75) is 6.92 Å². The first kappa shape index (κ1) is 12.3. The van der Waals surface area contributed by atoms with Gasteiger partial charge in [0.2, 0.25) is 0 Å². The van der Waals surface area contributed by atoms with Crippen LogP contribution in [0.3, 0.4) is 0 Å². The summed E-state index contributed by atoms with van der Waals surface area (Å²) in [6, 6.07) is 11.4. The molecule has 3 N–H and O–H groups in total. The lowest BCUT2D eigenvalue weighted by molar-refractivity contribution is 1.43. The molecule has 0 amide bonds. The monoisotopic (exact) mass is 310 g/mol. The lowest BCUT2D eigenvalue weighted by Crippen LogP contribution is -1.93. The van der Waals surface area contributed by atoms with Crippen molar-refractivity contribution in [2.24, 2.45) is 0 Å². The maximum Gasteiger partial charge on any atom is 0.0543 e. The minimum Gasteiger partial charge on any atom is -0.399 e. The third kappa shape index (κ3) is 2.93. The Morgan fingerprint density at radius 1 is 1.18 bits per heavy atom. The van der Waals surface area contributed by atoms with Gasteiger partial charge in [0.05, 0.1) is 5.69 Å². The van der Waals surface area contributed by atoms with Crippen molar-refractivity contribution in [2.75, 3.05) is 11.1 Å². The van der Waals surface area contributed by atoms with Crippen LogP contribution in [0.2, 0.25) is 5.02 Å². The Morgan fingerprint density at radius 3 is 2.47 bits per heavy atom. The van der Waals surface area contributed by atoms with Crippen LogP contribution in [0, 0.1) is 6.92 Å². The van der Waals surface area contributed by atoms with E-state index < -0.39 is 0 Å². The highest BCUT2D eigenvalue weighted by atomic mass is 79.9. The van der Waals surface area contributed by atoms with Gasteiger partial charge in [0, 0.05) is 20.9 Å². The molecule has 2 nitrogen and oxygen atoms in total. The Balaban J connectivity index is 2.30. The number of nitrogen functional groups attached to an aromatic ring is 1. The van der Waals surface area contributed by atoms with Crippen LogP contribution in [0.4, 0.5) is 17.1 Å². The molecule has 0 aliphatic heterocycles. The van der Waals surface area contributed by atoms with Crippen molar-refractivity contribution < 1.29 is 0 Å². The topological polar surface area (TPSA) is 38.0 Å². The molecule has 0 saturated carbocycles. The van der Waals surface area contributed by atoms with Crippen LogP contribution >= 0.6 is 27.5 Å². The van der Waals surface area contributed by atoms with Crippen molar-refractivity contribution in [1.29, 1.82) is 0 Å². The SMILES string of the molecule is Cc1cc(Br)c(Nc2ccc(N)cc2)cc1Cl. The maximum absolute atomic E-state index is 6.10. The molecule has 0 aromatic heterocycles. The zero-order valence-corrected chi connectivity index (χ0v) is 11.6. The predicted octanol–water partition coefficient (Wildman–Crippen LogP) is 4.74. The van der Waals surface area contributed by atoms with Gasteiger partial charge >= 0.3 is 0 Å². The fraction of sp³-hybridized carbons (Fsp3) is 0.0769. The quantitative estimate of drug-likeness (QED) is 0.786. The summed E-state index contributed by atoms with van der Waals surface area (Å²) < 4.78 is 0.983. The Labute approximate surface area is 114 Å². The molecule has 0 saturated heterocycles. The van der Waals surface area contributed by atoms with Gasteiger partial charge in [-0.1, -0.05) is 11.6 Å². The highest BCUT2D eigenvalue weighted by molar-refractivity contribution is 9.10. The van der Waals surface area contributed by atoms with Gasteiger partial charge in [-0.05, 0) is 64.8 Å². The molecule has 0 aliphatic carbocycles. The molecule has 0 radical (unpaired) electrons. The van der Waals surface area contributed by atoms with Crippen LogP contribution in [0.25, 0.3) is 0 Å². The number of aryl methyl sites for hydroxylation is 1. The van der Waals surface area contributed by atoms with Gasteiger partial charge in [-0.25, -0.2) is 0 Å². The normalized spacial score (nSPS) is 10.3. The Morgan fingerprint density at radius 2 is 1.82 bits per heavy atom. The summed E-state index contributed by atoms with van der Waals surface area (Å²) in [7, 11) is 0. The van der Waals surface area contributed by atoms with Crippen molar-refractivity contribution in [3.63, 3.8) is 0 Å². The van der Waals surface area contributed by atoms with E-state index in [1.54, 1.807) is 0 Å². The highest BCUT2D eigenvalue weighted by Gasteiger charge is 2.04. The molecule has 2 aromatic rings. The van der Waals surface area contributed by atoms with Crippen LogP contribution in [0.1, 0.15) is 5.56 Å². The molecule has 0 heterocycles. The highest BCUT2D eigenvalue weighted by Crippen LogP contribution is 2.31. The molecule has 0 atom stereocenters. The van der Waals surface area contributed by atoms with Gasteiger partial charge in [-0.15, -0.1) is 0 Å².